The monoisotopic (exact) mass is 365 g/mol. The Hall–Kier alpha value is -2.64. The van der Waals surface area contributed by atoms with Crippen LogP contribution in [-0.2, 0) is 17.6 Å². The molecule has 1 N–H and O–H groups in total. The van der Waals surface area contributed by atoms with Crippen molar-refractivity contribution in [1.29, 1.82) is 0 Å². The maximum absolute atomic E-state index is 12.2. The molecule has 0 spiro atoms. The molecular weight excluding hydrogens is 347 g/mol. The fourth-order valence-electron chi connectivity index (χ4n) is 3.04. The molecule has 138 valence electrons. The number of hydrogen-bond donors (Lipinski definition) is 1. The zero-order valence-corrected chi connectivity index (χ0v) is 13.9. The molecular formula is C18H18F3N3O2. The van der Waals surface area contributed by atoms with Gasteiger partial charge < -0.3 is 10.1 Å². The Bertz CT molecular complexity index is 780. The first-order valence-electron chi connectivity index (χ1n) is 8.27. The van der Waals surface area contributed by atoms with Crippen molar-refractivity contribution < 1.29 is 22.7 Å². The standard InChI is InChI=1S/C18H18F3N3O2/c19-18(20,21)11-26-17-10-22-9-15(24-17)23-16(25)8-12-5-6-13-3-1-2-4-14(13)7-12/h1-4,9-10,12H,5-8,11H2,(H,23,24,25). The molecule has 3 rings (SSSR count). The normalized spacial score (nSPS) is 16.7. The van der Waals surface area contributed by atoms with Crippen molar-refractivity contribution in [3.05, 3.63) is 47.8 Å². The maximum atomic E-state index is 12.2. The van der Waals surface area contributed by atoms with Crippen LogP contribution in [0.1, 0.15) is 24.0 Å². The van der Waals surface area contributed by atoms with E-state index in [-0.39, 0.29) is 23.5 Å². The van der Waals surface area contributed by atoms with Gasteiger partial charge in [0.25, 0.3) is 0 Å². The Morgan fingerprint density at radius 3 is 2.77 bits per heavy atom. The van der Waals surface area contributed by atoms with E-state index < -0.39 is 12.8 Å². The largest absolute Gasteiger partial charge is 0.467 e. The molecule has 0 aliphatic heterocycles. The van der Waals surface area contributed by atoms with Crippen molar-refractivity contribution in [2.24, 2.45) is 5.92 Å². The van der Waals surface area contributed by atoms with Gasteiger partial charge in [0.1, 0.15) is 0 Å². The lowest BCUT2D eigenvalue weighted by atomic mass is 9.82. The van der Waals surface area contributed by atoms with Crippen LogP contribution in [0.15, 0.2) is 36.7 Å². The number of nitrogens with one attached hydrogen (secondary N) is 1. The van der Waals surface area contributed by atoms with Crippen molar-refractivity contribution in [3.63, 3.8) is 0 Å². The molecule has 1 aromatic heterocycles. The first-order valence-corrected chi connectivity index (χ1v) is 8.27. The van der Waals surface area contributed by atoms with Crippen LogP contribution in [0.25, 0.3) is 0 Å². The smallest absolute Gasteiger partial charge is 0.422 e. The van der Waals surface area contributed by atoms with E-state index >= 15 is 0 Å². The fraction of sp³-hybridized carbons (Fsp3) is 0.389. The first kappa shape index (κ1) is 18.2. The number of hydrogen-bond acceptors (Lipinski definition) is 4. The van der Waals surface area contributed by atoms with Crippen LogP contribution < -0.4 is 10.1 Å². The van der Waals surface area contributed by atoms with Crippen LogP contribution in [0.3, 0.4) is 0 Å². The van der Waals surface area contributed by atoms with Gasteiger partial charge in [0.2, 0.25) is 11.8 Å². The van der Waals surface area contributed by atoms with Crippen LogP contribution in [0.4, 0.5) is 19.0 Å². The van der Waals surface area contributed by atoms with Gasteiger partial charge in [0.05, 0.1) is 12.4 Å². The summed E-state index contributed by atoms with van der Waals surface area (Å²) < 4.78 is 41.1. The predicted octanol–water partition coefficient (Wildman–Crippen LogP) is 3.55. The number of rotatable bonds is 5. The van der Waals surface area contributed by atoms with Crippen LogP contribution in [0, 0.1) is 5.92 Å². The minimum atomic E-state index is -4.46. The number of ether oxygens (including phenoxy) is 1. The Morgan fingerprint density at radius 2 is 2.00 bits per heavy atom. The quantitative estimate of drug-likeness (QED) is 0.880. The summed E-state index contributed by atoms with van der Waals surface area (Å²) in [6.07, 6.45) is 0.902. The average Bonchev–Trinajstić information content (AvgIpc) is 2.59. The summed E-state index contributed by atoms with van der Waals surface area (Å²) in [6, 6.07) is 8.18. The van der Waals surface area contributed by atoms with E-state index in [9.17, 15) is 18.0 Å². The Balaban J connectivity index is 1.54. The lowest BCUT2D eigenvalue weighted by molar-refractivity contribution is -0.154. The molecule has 26 heavy (non-hydrogen) atoms. The van der Waals surface area contributed by atoms with Gasteiger partial charge in [-0.05, 0) is 36.3 Å². The summed E-state index contributed by atoms with van der Waals surface area (Å²) in [4.78, 5) is 19.8. The van der Waals surface area contributed by atoms with E-state index in [1.807, 2.05) is 12.1 Å². The minimum absolute atomic E-state index is 0.0749. The van der Waals surface area contributed by atoms with Gasteiger partial charge in [-0.25, -0.2) is 0 Å². The highest BCUT2D eigenvalue weighted by atomic mass is 19.4. The molecule has 1 aliphatic carbocycles. The number of benzene rings is 1. The number of anilines is 1. The van der Waals surface area contributed by atoms with Crippen LogP contribution in [0.2, 0.25) is 0 Å². The summed E-state index contributed by atoms with van der Waals surface area (Å²) in [5.41, 5.74) is 2.59. The van der Waals surface area contributed by atoms with Crippen molar-refractivity contribution in [1.82, 2.24) is 9.97 Å². The van der Waals surface area contributed by atoms with E-state index in [1.165, 1.54) is 17.3 Å². The third kappa shape index (κ3) is 5.18. The number of nitrogens with zero attached hydrogens (tertiary/aromatic N) is 2. The molecule has 5 nitrogen and oxygen atoms in total. The molecule has 1 aromatic carbocycles. The van der Waals surface area contributed by atoms with Gasteiger partial charge >= 0.3 is 6.18 Å². The second-order valence-corrected chi connectivity index (χ2v) is 6.28. The lowest BCUT2D eigenvalue weighted by Gasteiger charge is -2.24. The lowest BCUT2D eigenvalue weighted by Crippen LogP contribution is -2.22. The summed E-state index contributed by atoms with van der Waals surface area (Å²) in [5.74, 6) is -0.225. The number of fused-ring (bicyclic) bond motifs is 1. The first-order chi connectivity index (χ1) is 12.4. The van der Waals surface area contributed by atoms with Crippen molar-refractivity contribution >= 4 is 11.7 Å². The molecule has 0 radical (unpaired) electrons. The van der Waals surface area contributed by atoms with Gasteiger partial charge in [-0.1, -0.05) is 24.3 Å². The molecule has 1 atom stereocenters. The highest BCUT2D eigenvalue weighted by Gasteiger charge is 2.28. The van der Waals surface area contributed by atoms with Gasteiger partial charge in [0.15, 0.2) is 12.4 Å². The molecule has 0 saturated carbocycles. The van der Waals surface area contributed by atoms with Crippen molar-refractivity contribution in [2.75, 3.05) is 11.9 Å². The number of alkyl halides is 3. The van der Waals surface area contributed by atoms with E-state index in [4.69, 9.17) is 0 Å². The zero-order chi connectivity index (χ0) is 18.6. The second kappa shape index (κ2) is 7.72. The second-order valence-electron chi connectivity index (χ2n) is 6.28. The van der Waals surface area contributed by atoms with E-state index in [1.54, 1.807) is 0 Å². The number of aryl methyl sites for hydroxylation is 1. The Kier molecular flexibility index (Phi) is 5.39. The Labute approximate surface area is 148 Å². The number of carbonyl (C=O) groups is 1. The summed E-state index contributed by atoms with van der Waals surface area (Å²) >= 11 is 0. The highest BCUT2D eigenvalue weighted by Crippen LogP contribution is 2.27. The Morgan fingerprint density at radius 1 is 1.23 bits per heavy atom. The van der Waals surface area contributed by atoms with Crippen molar-refractivity contribution in [3.8, 4) is 5.88 Å². The number of halogens is 3. The summed E-state index contributed by atoms with van der Waals surface area (Å²) in [5, 5.41) is 2.58. The molecule has 1 heterocycles. The van der Waals surface area contributed by atoms with Gasteiger partial charge in [-0.2, -0.15) is 18.2 Å². The van der Waals surface area contributed by atoms with E-state index in [2.05, 4.69) is 32.2 Å². The summed E-state index contributed by atoms with van der Waals surface area (Å²) in [7, 11) is 0. The topological polar surface area (TPSA) is 64.1 Å². The average molecular weight is 365 g/mol. The minimum Gasteiger partial charge on any atom is -0.467 e. The molecule has 1 unspecified atom stereocenters. The molecule has 2 aromatic rings. The maximum Gasteiger partial charge on any atom is 0.422 e. The molecule has 8 heteroatoms. The van der Waals surface area contributed by atoms with Gasteiger partial charge in [-0.3, -0.25) is 9.78 Å². The SMILES string of the molecule is O=C(CC1CCc2ccccc2C1)Nc1cncc(OCC(F)(F)F)n1. The molecule has 0 fully saturated rings. The van der Waals surface area contributed by atoms with Crippen LogP contribution in [-0.4, -0.2) is 28.7 Å². The molecule has 1 amide bonds. The number of aromatic nitrogens is 2. The van der Waals surface area contributed by atoms with E-state index in [0.29, 0.717) is 6.42 Å². The molecule has 0 saturated heterocycles. The molecule has 1 aliphatic rings. The summed E-state index contributed by atoms with van der Waals surface area (Å²) in [6.45, 7) is -1.46. The zero-order valence-electron chi connectivity index (χ0n) is 13.9. The number of amides is 1. The van der Waals surface area contributed by atoms with Gasteiger partial charge in [0, 0.05) is 6.42 Å². The number of carbonyl (C=O) groups excluding carboxylic acids is 1. The highest BCUT2D eigenvalue weighted by molar-refractivity contribution is 5.89. The molecule has 0 bridgehead atoms. The fourth-order valence-corrected chi connectivity index (χ4v) is 3.04. The van der Waals surface area contributed by atoms with Crippen molar-refractivity contribution in [2.45, 2.75) is 31.9 Å². The van der Waals surface area contributed by atoms with E-state index in [0.717, 1.165) is 25.5 Å². The third-order valence-electron chi connectivity index (χ3n) is 4.19. The predicted molar refractivity (Wildman–Crippen MR) is 88.8 cm³/mol. The third-order valence-corrected chi connectivity index (χ3v) is 4.19. The van der Waals surface area contributed by atoms with Gasteiger partial charge in [-0.15, -0.1) is 0 Å². The van der Waals surface area contributed by atoms with Crippen LogP contribution in [0.5, 0.6) is 5.88 Å². The van der Waals surface area contributed by atoms with Crippen LogP contribution >= 0.6 is 0 Å².